The fourth-order valence-electron chi connectivity index (χ4n) is 1.55. The third-order valence-electron chi connectivity index (χ3n) is 2.30. The summed E-state index contributed by atoms with van der Waals surface area (Å²) < 4.78 is 7.32. The van der Waals surface area contributed by atoms with Crippen molar-refractivity contribution < 1.29 is 4.74 Å². The first-order chi connectivity index (χ1) is 8.74. The Balaban J connectivity index is 2.42. The van der Waals surface area contributed by atoms with Crippen molar-refractivity contribution >= 4 is 11.7 Å². The summed E-state index contributed by atoms with van der Waals surface area (Å²) in [7, 11) is 0. The zero-order valence-electron chi connectivity index (χ0n) is 10.6. The van der Waals surface area contributed by atoms with Gasteiger partial charge >= 0.3 is 0 Å². The molecule has 0 aliphatic carbocycles. The summed E-state index contributed by atoms with van der Waals surface area (Å²) in [5, 5.41) is 4.33. The largest absolute Gasteiger partial charge is 0.475 e. The third kappa shape index (κ3) is 2.56. The van der Waals surface area contributed by atoms with Crippen molar-refractivity contribution in [2.45, 2.75) is 20.3 Å². The van der Waals surface area contributed by atoms with E-state index in [9.17, 15) is 0 Å². The molecule has 0 amide bonds. The molecule has 2 heterocycles. The van der Waals surface area contributed by atoms with E-state index in [1.54, 1.807) is 4.52 Å². The highest BCUT2D eigenvalue weighted by Gasteiger charge is 2.10. The molecule has 0 aromatic carbocycles. The van der Waals surface area contributed by atoms with Crippen molar-refractivity contribution in [1.82, 2.24) is 19.6 Å². The average Bonchev–Trinajstić information content (AvgIpc) is 2.70. The second kappa shape index (κ2) is 5.44. The zero-order chi connectivity index (χ0) is 13.0. The van der Waals surface area contributed by atoms with E-state index in [4.69, 9.17) is 4.74 Å². The normalized spacial score (nSPS) is 11.2. The Morgan fingerprint density at radius 2 is 2.28 bits per heavy atom. The minimum absolute atomic E-state index is 0.507. The van der Waals surface area contributed by atoms with Gasteiger partial charge in [0.05, 0.1) is 18.5 Å². The molecule has 2 aromatic rings. The van der Waals surface area contributed by atoms with Gasteiger partial charge in [-0.1, -0.05) is 12.2 Å². The molecule has 5 heteroatoms. The van der Waals surface area contributed by atoms with Crippen LogP contribution in [-0.2, 0) is 0 Å². The number of fused-ring (bicyclic) bond motifs is 1. The number of allylic oxidation sites excluding steroid dienone is 1. The Hall–Kier alpha value is -2.17. The molecule has 0 radical (unpaired) electrons. The Bertz CT molecular complexity index is 586. The van der Waals surface area contributed by atoms with E-state index in [1.807, 2.05) is 38.3 Å². The lowest BCUT2D eigenvalue weighted by molar-refractivity contribution is 0.313. The lowest BCUT2D eigenvalue weighted by atomic mass is 10.4. The molecule has 0 unspecified atom stereocenters. The minimum atomic E-state index is 0.507. The highest BCUT2D eigenvalue weighted by Crippen LogP contribution is 2.16. The standard InChI is InChI=1S/C13H16N4O/c1-4-6-8-18-13-12-14-10(3)9-17(12)16-11(15-13)7-5-2/h4-5,7,9H,1,6,8H2,2-3H3/b7-5+. The monoisotopic (exact) mass is 244 g/mol. The molecule has 0 fully saturated rings. The van der Waals surface area contributed by atoms with Crippen LogP contribution in [0, 0.1) is 6.92 Å². The lowest BCUT2D eigenvalue weighted by Crippen LogP contribution is -2.04. The van der Waals surface area contributed by atoms with E-state index >= 15 is 0 Å². The van der Waals surface area contributed by atoms with Crippen molar-refractivity contribution in [2.75, 3.05) is 6.61 Å². The van der Waals surface area contributed by atoms with Crippen LogP contribution in [0.3, 0.4) is 0 Å². The maximum Gasteiger partial charge on any atom is 0.261 e. The van der Waals surface area contributed by atoms with Gasteiger partial charge in [0.1, 0.15) is 0 Å². The molecule has 0 bridgehead atoms. The molecule has 0 N–H and O–H groups in total. The van der Waals surface area contributed by atoms with Crippen molar-refractivity contribution in [3.8, 4) is 5.88 Å². The topological polar surface area (TPSA) is 52.3 Å². The van der Waals surface area contributed by atoms with E-state index < -0.39 is 0 Å². The first-order valence-corrected chi connectivity index (χ1v) is 5.85. The number of rotatable bonds is 5. The maximum absolute atomic E-state index is 5.62. The van der Waals surface area contributed by atoms with E-state index in [1.165, 1.54) is 0 Å². The highest BCUT2D eigenvalue weighted by molar-refractivity contribution is 5.52. The lowest BCUT2D eigenvalue weighted by Gasteiger charge is -2.05. The summed E-state index contributed by atoms with van der Waals surface area (Å²) >= 11 is 0. The van der Waals surface area contributed by atoms with Gasteiger partial charge in [0.25, 0.3) is 5.88 Å². The number of hydrogen-bond donors (Lipinski definition) is 0. The van der Waals surface area contributed by atoms with Crippen molar-refractivity contribution in [3.63, 3.8) is 0 Å². The van der Waals surface area contributed by atoms with Crippen LogP contribution >= 0.6 is 0 Å². The molecule has 18 heavy (non-hydrogen) atoms. The van der Waals surface area contributed by atoms with E-state index in [0.717, 1.165) is 12.1 Å². The minimum Gasteiger partial charge on any atom is -0.475 e. The SMILES string of the molecule is C=CCCOc1nc(/C=C/C)nn2cc(C)nc12. The number of ether oxygens (including phenoxy) is 1. The van der Waals surface area contributed by atoms with Gasteiger partial charge < -0.3 is 4.74 Å². The van der Waals surface area contributed by atoms with E-state index in [0.29, 0.717) is 24.0 Å². The summed E-state index contributed by atoms with van der Waals surface area (Å²) in [4.78, 5) is 8.69. The fourth-order valence-corrected chi connectivity index (χ4v) is 1.55. The van der Waals surface area contributed by atoms with Gasteiger partial charge in [-0.15, -0.1) is 11.7 Å². The third-order valence-corrected chi connectivity index (χ3v) is 2.30. The van der Waals surface area contributed by atoms with Crippen molar-refractivity contribution in [2.24, 2.45) is 0 Å². The number of aryl methyl sites for hydroxylation is 1. The van der Waals surface area contributed by atoms with E-state index in [-0.39, 0.29) is 0 Å². The van der Waals surface area contributed by atoms with Crippen LogP contribution in [-0.4, -0.2) is 26.2 Å². The van der Waals surface area contributed by atoms with Crippen LogP contribution in [0.25, 0.3) is 11.7 Å². The molecule has 0 saturated carbocycles. The predicted octanol–water partition coefficient (Wildman–Crippen LogP) is 2.42. The van der Waals surface area contributed by atoms with Gasteiger partial charge in [0, 0.05) is 0 Å². The van der Waals surface area contributed by atoms with Gasteiger partial charge in [0.2, 0.25) is 5.65 Å². The summed E-state index contributed by atoms with van der Waals surface area (Å²) in [5.74, 6) is 1.11. The van der Waals surface area contributed by atoms with Crippen LogP contribution in [0.1, 0.15) is 24.9 Å². The van der Waals surface area contributed by atoms with Gasteiger partial charge in [0.15, 0.2) is 5.82 Å². The van der Waals surface area contributed by atoms with Crippen LogP contribution in [0.5, 0.6) is 5.88 Å². The molecular formula is C13H16N4O. The van der Waals surface area contributed by atoms with Crippen LogP contribution in [0.15, 0.2) is 24.9 Å². The molecule has 0 saturated heterocycles. The van der Waals surface area contributed by atoms with Crippen LogP contribution < -0.4 is 4.74 Å². The fraction of sp³-hybridized carbons (Fsp3) is 0.308. The average molecular weight is 244 g/mol. The van der Waals surface area contributed by atoms with Gasteiger partial charge in [-0.05, 0) is 26.3 Å². The smallest absolute Gasteiger partial charge is 0.261 e. The van der Waals surface area contributed by atoms with Crippen molar-refractivity contribution in [3.05, 3.63) is 36.4 Å². The summed E-state index contributed by atoms with van der Waals surface area (Å²) in [6.45, 7) is 8.04. The molecular weight excluding hydrogens is 228 g/mol. The Labute approximate surface area is 106 Å². The quantitative estimate of drug-likeness (QED) is 0.598. The number of hydrogen-bond acceptors (Lipinski definition) is 4. The number of nitrogens with zero attached hydrogens (tertiary/aromatic N) is 4. The second-order valence-electron chi connectivity index (χ2n) is 3.85. The van der Waals surface area contributed by atoms with Gasteiger partial charge in [-0.25, -0.2) is 9.50 Å². The van der Waals surface area contributed by atoms with Gasteiger partial charge in [-0.3, -0.25) is 0 Å². The molecule has 5 nitrogen and oxygen atoms in total. The van der Waals surface area contributed by atoms with Crippen LogP contribution in [0.4, 0.5) is 0 Å². The molecule has 0 atom stereocenters. The molecule has 0 aliphatic rings. The van der Waals surface area contributed by atoms with Gasteiger partial charge in [-0.2, -0.15) is 4.98 Å². The first kappa shape index (κ1) is 12.3. The first-order valence-electron chi connectivity index (χ1n) is 5.85. The predicted molar refractivity (Wildman–Crippen MR) is 70.5 cm³/mol. The Kier molecular flexibility index (Phi) is 3.72. The summed E-state index contributed by atoms with van der Waals surface area (Å²) in [5.41, 5.74) is 1.53. The molecule has 2 rings (SSSR count). The van der Waals surface area contributed by atoms with Crippen molar-refractivity contribution in [1.29, 1.82) is 0 Å². The highest BCUT2D eigenvalue weighted by atomic mass is 16.5. The van der Waals surface area contributed by atoms with Crippen LogP contribution in [0.2, 0.25) is 0 Å². The van der Waals surface area contributed by atoms with E-state index in [2.05, 4.69) is 21.6 Å². The number of imidazole rings is 1. The Morgan fingerprint density at radius 3 is 3.00 bits per heavy atom. The Morgan fingerprint density at radius 1 is 1.44 bits per heavy atom. The maximum atomic E-state index is 5.62. The summed E-state index contributed by atoms with van der Waals surface area (Å²) in [6, 6.07) is 0. The molecule has 2 aromatic heterocycles. The molecule has 0 spiro atoms. The molecule has 94 valence electrons. The number of aromatic nitrogens is 4. The molecule has 0 aliphatic heterocycles. The zero-order valence-corrected chi connectivity index (χ0v) is 10.6. The summed E-state index contributed by atoms with van der Waals surface area (Å²) in [6.07, 6.45) is 8.15. The second-order valence-corrected chi connectivity index (χ2v) is 3.85.